The van der Waals surface area contributed by atoms with E-state index in [0.29, 0.717) is 5.75 Å². The van der Waals surface area contributed by atoms with Crippen LogP contribution in [0, 0.1) is 6.92 Å². The summed E-state index contributed by atoms with van der Waals surface area (Å²) in [7, 11) is -2.06. The molecule has 1 aromatic carbocycles. The van der Waals surface area contributed by atoms with Crippen LogP contribution in [0.4, 0.5) is 0 Å². The zero-order valence-electron chi connectivity index (χ0n) is 11.8. The Morgan fingerprint density at radius 3 is 2.50 bits per heavy atom. The summed E-state index contributed by atoms with van der Waals surface area (Å²) in [4.78, 5) is 0.197. The lowest BCUT2D eigenvalue weighted by Gasteiger charge is -2.23. The second-order valence-corrected chi connectivity index (χ2v) is 7.75. The molecule has 0 radical (unpaired) electrons. The molecule has 0 aliphatic heterocycles. The van der Waals surface area contributed by atoms with Crippen molar-refractivity contribution in [1.82, 2.24) is 4.72 Å². The van der Waals surface area contributed by atoms with Gasteiger partial charge in [0.1, 0.15) is 10.6 Å². The fraction of sp³-hybridized carbons (Fsp3) is 0.571. The highest BCUT2D eigenvalue weighted by Crippen LogP contribution is 2.31. The molecule has 0 amide bonds. The molecule has 0 atom stereocenters. The van der Waals surface area contributed by atoms with Gasteiger partial charge < -0.3 is 4.74 Å². The van der Waals surface area contributed by atoms with Gasteiger partial charge >= 0.3 is 0 Å². The minimum absolute atomic E-state index is 0.0403. The van der Waals surface area contributed by atoms with Crippen LogP contribution < -0.4 is 9.46 Å². The molecule has 20 heavy (non-hydrogen) atoms. The van der Waals surface area contributed by atoms with Gasteiger partial charge in [-0.1, -0.05) is 35.2 Å². The molecule has 1 fully saturated rings. The standard InChI is InChI=1S/C14H20BrNO3S/c1-10-8-13(19-2)14(9-12(10)15)20(17,18)16-11-6-4-3-5-7-11/h8-9,11,16H,3-7H2,1-2H3. The first-order chi connectivity index (χ1) is 9.44. The van der Waals surface area contributed by atoms with E-state index in [0.717, 1.165) is 35.7 Å². The van der Waals surface area contributed by atoms with Crippen molar-refractivity contribution in [1.29, 1.82) is 0 Å². The predicted octanol–water partition coefficient (Wildman–Crippen LogP) is 3.38. The normalized spacial score (nSPS) is 17.1. The summed E-state index contributed by atoms with van der Waals surface area (Å²) in [5.41, 5.74) is 0.943. The number of ether oxygens (including phenoxy) is 1. The number of hydrogen-bond acceptors (Lipinski definition) is 3. The zero-order valence-corrected chi connectivity index (χ0v) is 14.2. The summed E-state index contributed by atoms with van der Waals surface area (Å²) in [6.45, 7) is 1.90. The van der Waals surface area contributed by atoms with Crippen LogP contribution in [0.25, 0.3) is 0 Å². The highest BCUT2D eigenvalue weighted by Gasteiger charge is 2.25. The molecule has 0 bridgehead atoms. The summed E-state index contributed by atoms with van der Waals surface area (Å²) in [6.07, 6.45) is 5.19. The van der Waals surface area contributed by atoms with Crippen molar-refractivity contribution in [2.24, 2.45) is 0 Å². The average Bonchev–Trinajstić information content (AvgIpc) is 2.42. The van der Waals surface area contributed by atoms with Crippen molar-refractivity contribution < 1.29 is 13.2 Å². The first-order valence-electron chi connectivity index (χ1n) is 6.80. The summed E-state index contributed by atoms with van der Waals surface area (Å²) in [5, 5.41) is 0. The highest BCUT2D eigenvalue weighted by atomic mass is 79.9. The van der Waals surface area contributed by atoms with Gasteiger partial charge in [0.15, 0.2) is 0 Å². The molecule has 0 unspecified atom stereocenters. The molecule has 1 aliphatic rings. The molecule has 1 N–H and O–H groups in total. The van der Waals surface area contributed by atoms with Crippen molar-refractivity contribution in [3.8, 4) is 5.75 Å². The van der Waals surface area contributed by atoms with E-state index >= 15 is 0 Å². The van der Waals surface area contributed by atoms with Crippen molar-refractivity contribution in [3.63, 3.8) is 0 Å². The van der Waals surface area contributed by atoms with Crippen LogP contribution in [-0.4, -0.2) is 21.6 Å². The Kier molecular flexibility index (Phi) is 5.09. The number of rotatable bonds is 4. The smallest absolute Gasteiger partial charge is 0.244 e. The lowest BCUT2D eigenvalue weighted by molar-refractivity contribution is 0.396. The van der Waals surface area contributed by atoms with Gasteiger partial charge in [-0.2, -0.15) is 0 Å². The molecule has 0 spiro atoms. The Morgan fingerprint density at radius 2 is 1.90 bits per heavy atom. The SMILES string of the molecule is COc1cc(C)c(Br)cc1S(=O)(=O)NC1CCCCC1. The zero-order chi connectivity index (χ0) is 14.8. The Labute approximate surface area is 129 Å². The maximum atomic E-state index is 12.5. The van der Waals surface area contributed by atoms with Gasteiger partial charge in [0, 0.05) is 10.5 Å². The highest BCUT2D eigenvalue weighted by molar-refractivity contribution is 9.10. The first kappa shape index (κ1) is 15.8. The van der Waals surface area contributed by atoms with Gasteiger partial charge in [0.05, 0.1) is 7.11 Å². The topological polar surface area (TPSA) is 55.4 Å². The maximum Gasteiger partial charge on any atom is 0.244 e. The van der Waals surface area contributed by atoms with Crippen molar-refractivity contribution in [2.75, 3.05) is 7.11 Å². The van der Waals surface area contributed by atoms with Crippen LogP contribution in [0.2, 0.25) is 0 Å². The molecular formula is C14H20BrNO3S. The predicted molar refractivity (Wildman–Crippen MR) is 82.6 cm³/mol. The van der Waals surface area contributed by atoms with E-state index in [1.807, 2.05) is 6.92 Å². The third-order valence-corrected chi connectivity index (χ3v) is 6.06. The monoisotopic (exact) mass is 361 g/mol. The van der Waals surface area contributed by atoms with Gasteiger partial charge in [0.2, 0.25) is 10.0 Å². The molecule has 6 heteroatoms. The number of sulfonamides is 1. The molecule has 0 saturated heterocycles. The Hall–Kier alpha value is -0.590. The summed E-state index contributed by atoms with van der Waals surface area (Å²) in [6, 6.07) is 3.39. The third-order valence-electron chi connectivity index (χ3n) is 3.66. The van der Waals surface area contributed by atoms with E-state index in [1.54, 1.807) is 12.1 Å². The Morgan fingerprint density at radius 1 is 1.25 bits per heavy atom. The Balaban J connectivity index is 2.30. The summed E-state index contributed by atoms with van der Waals surface area (Å²) >= 11 is 3.38. The van der Waals surface area contributed by atoms with Gasteiger partial charge in [-0.3, -0.25) is 0 Å². The van der Waals surface area contributed by atoms with Crippen LogP contribution in [-0.2, 0) is 10.0 Å². The molecule has 2 rings (SSSR count). The number of hydrogen-bond donors (Lipinski definition) is 1. The van der Waals surface area contributed by atoms with Gasteiger partial charge in [-0.05, 0) is 37.5 Å². The second-order valence-electron chi connectivity index (χ2n) is 5.21. The molecule has 4 nitrogen and oxygen atoms in total. The number of methoxy groups -OCH3 is 1. The van der Waals surface area contributed by atoms with E-state index in [2.05, 4.69) is 20.7 Å². The molecule has 112 valence electrons. The molecule has 1 aliphatic carbocycles. The largest absolute Gasteiger partial charge is 0.495 e. The van der Waals surface area contributed by atoms with E-state index in [-0.39, 0.29) is 10.9 Å². The minimum Gasteiger partial charge on any atom is -0.495 e. The molecule has 0 heterocycles. The van der Waals surface area contributed by atoms with E-state index < -0.39 is 10.0 Å². The van der Waals surface area contributed by atoms with Crippen molar-refractivity contribution in [3.05, 3.63) is 22.2 Å². The van der Waals surface area contributed by atoms with Gasteiger partial charge in [-0.25, -0.2) is 13.1 Å². The summed E-state index contributed by atoms with van der Waals surface area (Å²) in [5.74, 6) is 0.383. The third kappa shape index (κ3) is 3.54. The van der Waals surface area contributed by atoms with E-state index in [9.17, 15) is 8.42 Å². The lowest BCUT2D eigenvalue weighted by Crippen LogP contribution is -2.36. The minimum atomic E-state index is -3.55. The first-order valence-corrected chi connectivity index (χ1v) is 9.08. The van der Waals surface area contributed by atoms with E-state index in [4.69, 9.17) is 4.74 Å². The van der Waals surface area contributed by atoms with E-state index in [1.165, 1.54) is 13.5 Å². The Bertz CT molecular complexity index is 580. The fourth-order valence-electron chi connectivity index (χ4n) is 2.51. The number of halogens is 1. The lowest BCUT2D eigenvalue weighted by atomic mass is 9.96. The number of nitrogens with one attached hydrogen (secondary N) is 1. The molecule has 1 saturated carbocycles. The summed E-state index contributed by atoms with van der Waals surface area (Å²) < 4.78 is 33.9. The van der Waals surface area contributed by atoms with Crippen LogP contribution in [0.15, 0.2) is 21.5 Å². The van der Waals surface area contributed by atoms with Crippen molar-refractivity contribution >= 4 is 26.0 Å². The van der Waals surface area contributed by atoms with Crippen LogP contribution in [0.3, 0.4) is 0 Å². The average molecular weight is 362 g/mol. The fourth-order valence-corrected chi connectivity index (χ4v) is 4.49. The number of benzene rings is 1. The van der Waals surface area contributed by atoms with Gasteiger partial charge in [0.25, 0.3) is 0 Å². The maximum absolute atomic E-state index is 12.5. The quantitative estimate of drug-likeness (QED) is 0.894. The van der Waals surface area contributed by atoms with Gasteiger partial charge in [-0.15, -0.1) is 0 Å². The second kappa shape index (κ2) is 6.45. The van der Waals surface area contributed by atoms with Crippen LogP contribution in [0.1, 0.15) is 37.7 Å². The molecular weight excluding hydrogens is 342 g/mol. The van der Waals surface area contributed by atoms with Crippen molar-refractivity contribution in [2.45, 2.75) is 50.0 Å². The number of aryl methyl sites for hydroxylation is 1. The molecule has 0 aromatic heterocycles. The van der Waals surface area contributed by atoms with Crippen LogP contribution >= 0.6 is 15.9 Å². The van der Waals surface area contributed by atoms with Crippen LogP contribution in [0.5, 0.6) is 5.75 Å². The molecule has 1 aromatic rings.